The van der Waals surface area contributed by atoms with E-state index < -0.39 is 104 Å². The van der Waals surface area contributed by atoms with Crippen molar-refractivity contribution in [3.05, 3.63) is 0 Å². The molecule has 0 aromatic rings. The summed E-state index contributed by atoms with van der Waals surface area (Å²) in [5, 5.41) is 41.6. The third-order valence-electron chi connectivity index (χ3n) is 7.82. The van der Waals surface area contributed by atoms with Crippen molar-refractivity contribution >= 4 is 23.5 Å². The normalized spacial score (nSPS) is 33.3. The van der Waals surface area contributed by atoms with Gasteiger partial charge in [0.1, 0.15) is 24.4 Å². The number of hydrogen-bond donors (Lipinski definition) is 8. The maximum absolute atomic E-state index is 12.4. The molecule has 2 rings (SSSR count). The first-order chi connectivity index (χ1) is 23.2. The highest BCUT2D eigenvalue weighted by Crippen LogP contribution is 2.46. The molecule has 298 valence electrons. The van der Waals surface area contributed by atoms with Gasteiger partial charge in [0.15, 0.2) is 12.6 Å². The molecule has 0 amide bonds. The number of ether oxygens (including phenoxy) is 4. The van der Waals surface area contributed by atoms with Crippen molar-refractivity contribution in [3.8, 4) is 0 Å². The Hall–Kier alpha value is 0.01000. The summed E-state index contributed by atoms with van der Waals surface area (Å²) < 4.78 is 81.9. The molecule has 0 spiro atoms. The largest absolute Gasteiger partial charge is 0.472 e. The molecule has 12 unspecified atom stereocenters. The summed E-state index contributed by atoms with van der Waals surface area (Å²) >= 11 is 0. The number of phosphoric ester groups is 3. The molecule has 0 radical (unpaired) electrons. The minimum absolute atomic E-state index is 0.122. The summed E-state index contributed by atoms with van der Waals surface area (Å²) in [5.41, 5.74) is 0. The zero-order valence-corrected chi connectivity index (χ0v) is 31.3. The van der Waals surface area contributed by atoms with Crippen LogP contribution in [-0.4, -0.2) is 135 Å². The number of hydrogen-bond acceptors (Lipinski definition) is 16. The second-order valence-corrected chi connectivity index (χ2v) is 16.6. The van der Waals surface area contributed by atoms with E-state index in [0.29, 0.717) is 38.5 Å². The van der Waals surface area contributed by atoms with Crippen molar-refractivity contribution < 1.29 is 95.3 Å². The third kappa shape index (κ3) is 17.0. The summed E-state index contributed by atoms with van der Waals surface area (Å²) in [6.45, 7) is 5.22. The molecule has 0 bridgehead atoms. The lowest BCUT2D eigenvalue weighted by atomic mass is 9.92. The van der Waals surface area contributed by atoms with E-state index in [1.165, 1.54) is 0 Å². The van der Waals surface area contributed by atoms with Gasteiger partial charge in [-0.3, -0.25) is 22.6 Å². The van der Waals surface area contributed by atoms with E-state index in [4.69, 9.17) is 46.8 Å². The van der Waals surface area contributed by atoms with Gasteiger partial charge in [-0.2, -0.15) is 0 Å². The van der Waals surface area contributed by atoms with Gasteiger partial charge in [-0.15, -0.1) is 0 Å². The number of aliphatic hydroxyl groups is 4. The van der Waals surface area contributed by atoms with E-state index in [9.17, 15) is 43.9 Å². The van der Waals surface area contributed by atoms with Crippen LogP contribution < -0.4 is 0 Å². The first-order valence-corrected chi connectivity index (χ1v) is 21.0. The average molecular weight is 793 g/mol. The Labute approximate surface area is 291 Å². The van der Waals surface area contributed by atoms with Crippen LogP contribution in [0, 0.1) is 11.8 Å². The van der Waals surface area contributed by atoms with Gasteiger partial charge in [0.25, 0.3) is 0 Å². The third-order valence-corrected chi connectivity index (χ3v) is 10.5. The van der Waals surface area contributed by atoms with E-state index >= 15 is 0 Å². The summed E-state index contributed by atoms with van der Waals surface area (Å²) in [6.07, 6.45) is -7.58. The molecule has 2 aliphatic heterocycles. The van der Waals surface area contributed by atoms with Gasteiger partial charge in [-0.1, -0.05) is 13.8 Å². The van der Waals surface area contributed by atoms with Gasteiger partial charge in [-0.25, -0.2) is 13.7 Å². The lowest BCUT2D eigenvalue weighted by molar-refractivity contribution is -0.281. The van der Waals surface area contributed by atoms with Crippen LogP contribution in [0.15, 0.2) is 0 Å². The van der Waals surface area contributed by atoms with E-state index in [2.05, 4.69) is 4.52 Å². The molecule has 2 heterocycles. The average Bonchev–Trinajstić information content (AvgIpc) is 3.01. The fourth-order valence-corrected chi connectivity index (χ4v) is 7.05. The van der Waals surface area contributed by atoms with Gasteiger partial charge in [-0.05, 0) is 52.4 Å². The summed E-state index contributed by atoms with van der Waals surface area (Å²) in [4.78, 5) is 37.2. The Morgan fingerprint density at radius 2 is 0.960 bits per heavy atom. The van der Waals surface area contributed by atoms with Crippen molar-refractivity contribution in [3.63, 3.8) is 0 Å². The number of rotatable bonds is 24. The van der Waals surface area contributed by atoms with Gasteiger partial charge in [0.05, 0.1) is 44.7 Å². The topological polar surface area (TPSA) is 296 Å². The van der Waals surface area contributed by atoms with E-state index in [-0.39, 0.29) is 26.4 Å². The SMILES string of the molecule is CC(C)OP(=O)(O)OCC1OC(OCCCCCOP(=O)(O)OCC2OC(OCCCCCOP(=O)(O)O)C(C)C(O)C2O)C(C)C(O)C1O. The molecule has 12 atom stereocenters. The maximum Gasteiger partial charge on any atom is 0.472 e. The van der Waals surface area contributed by atoms with Gasteiger partial charge in [0, 0.05) is 25.0 Å². The molecular formula is C27H55O20P3. The lowest BCUT2D eigenvalue weighted by Crippen LogP contribution is -2.55. The Morgan fingerprint density at radius 3 is 1.38 bits per heavy atom. The van der Waals surface area contributed by atoms with Crippen molar-refractivity contribution in [1.29, 1.82) is 0 Å². The van der Waals surface area contributed by atoms with Gasteiger partial charge >= 0.3 is 23.5 Å². The van der Waals surface area contributed by atoms with Crippen LogP contribution in [0.1, 0.15) is 66.2 Å². The first kappa shape index (κ1) is 46.2. The van der Waals surface area contributed by atoms with Crippen LogP contribution in [0.3, 0.4) is 0 Å². The first-order valence-electron chi connectivity index (χ1n) is 16.5. The van der Waals surface area contributed by atoms with E-state index in [1.807, 2.05) is 0 Å². The molecule has 20 nitrogen and oxygen atoms in total. The number of aliphatic hydroxyl groups excluding tert-OH is 4. The summed E-state index contributed by atoms with van der Waals surface area (Å²) in [7, 11) is -13.5. The van der Waals surface area contributed by atoms with Crippen LogP contribution in [0.4, 0.5) is 0 Å². The van der Waals surface area contributed by atoms with Crippen LogP contribution in [0.5, 0.6) is 0 Å². The zero-order chi connectivity index (χ0) is 37.7. The molecule has 0 aliphatic carbocycles. The van der Waals surface area contributed by atoms with Crippen molar-refractivity contribution in [2.75, 3.05) is 39.6 Å². The minimum atomic E-state index is -4.56. The standard InChI is InChI=1S/C27H55O20P3/c1-17(2)47-50(37,38)44-16-21-25(31)23(29)19(4)27(46-21)40-12-8-6-10-14-42-49(35,36)43-15-20-24(30)22(28)18(3)26(45-20)39-11-7-5-9-13-41-48(32,33)34/h17-31H,5-16H2,1-4H3,(H,35,36)(H,37,38)(H2,32,33,34). The highest BCUT2D eigenvalue weighted by Gasteiger charge is 2.45. The molecular weight excluding hydrogens is 737 g/mol. The molecule has 8 N–H and O–H groups in total. The van der Waals surface area contributed by atoms with Crippen molar-refractivity contribution in [1.82, 2.24) is 0 Å². The molecule has 2 fully saturated rings. The monoisotopic (exact) mass is 792 g/mol. The van der Waals surface area contributed by atoms with E-state index in [0.717, 1.165) is 0 Å². The second kappa shape index (κ2) is 21.8. The maximum atomic E-state index is 12.4. The highest BCUT2D eigenvalue weighted by molar-refractivity contribution is 7.47. The predicted octanol–water partition coefficient (Wildman–Crippen LogP) is 1.31. The molecule has 23 heteroatoms. The quantitative estimate of drug-likeness (QED) is 0.0505. The molecule has 0 aromatic heterocycles. The number of unbranched alkanes of at least 4 members (excludes halogenated alkanes) is 4. The smallest absolute Gasteiger partial charge is 0.390 e. The minimum Gasteiger partial charge on any atom is -0.390 e. The zero-order valence-electron chi connectivity index (χ0n) is 28.7. The van der Waals surface area contributed by atoms with Crippen LogP contribution in [0.25, 0.3) is 0 Å². The number of phosphoric acid groups is 3. The molecule has 0 aromatic carbocycles. The van der Waals surface area contributed by atoms with Gasteiger partial charge < -0.3 is 58.9 Å². The fourth-order valence-electron chi connectivity index (χ4n) is 4.99. The molecule has 2 saturated heterocycles. The highest BCUT2D eigenvalue weighted by atomic mass is 31.2. The van der Waals surface area contributed by atoms with Gasteiger partial charge in [0.2, 0.25) is 0 Å². The van der Waals surface area contributed by atoms with Crippen LogP contribution in [-0.2, 0) is 55.3 Å². The molecule has 2 aliphatic rings. The fraction of sp³-hybridized carbons (Fsp3) is 1.00. The predicted molar refractivity (Wildman–Crippen MR) is 171 cm³/mol. The Balaban J connectivity index is 1.67. The molecule has 0 saturated carbocycles. The van der Waals surface area contributed by atoms with Crippen LogP contribution in [0.2, 0.25) is 0 Å². The lowest BCUT2D eigenvalue weighted by Gasteiger charge is -2.41. The van der Waals surface area contributed by atoms with E-state index in [1.54, 1.807) is 27.7 Å². The van der Waals surface area contributed by atoms with Crippen LogP contribution >= 0.6 is 23.5 Å². The summed E-state index contributed by atoms with van der Waals surface area (Å²) in [5.74, 6) is -1.28. The Bertz CT molecular complexity index is 1110. The molecule has 50 heavy (non-hydrogen) atoms. The Morgan fingerprint density at radius 1 is 0.560 bits per heavy atom. The summed E-state index contributed by atoms with van der Waals surface area (Å²) in [6, 6.07) is 0. The second-order valence-electron chi connectivity index (χ2n) is 12.5. The van der Waals surface area contributed by atoms with Crippen molar-refractivity contribution in [2.45, 2.75) is 122 Å². The van der Waals surface area contributed by atoms with Crippen molar-refractivity contribution in [2.24, 2.45) is 11.8 Å². The Kier molecular flexibility index (Phi) is 20.1.